The lowest BCUT2D eigenvalue weighted by atomic mass is 9.81. The zero-order chi connectivity index (χ0) is 32.6. The molecule has 238 valence electrons. The first kappa shape index (κ1) is 29.2. The van der Waals surface area contributed by atoms with Gasteiger partial charge in [-0.1, -0.05) is 109 Å². The molecule has 0 amide bonds. The van der Waals surface area contributed by atoms with Gasteiger partial charge in [-0.2, -0.15) is 4.98 Å². The van der Waals surface area contributed by atoms with Gasteiger partial charge in [0.15, 0.2) is 0 Å². The molecule has 9 rings (SSSR count). The highest BCUT2D eigenvalue weighted by Gasteiger charge is 2.27. The van der Waals surface area contributed by atoms with E-state index < -0.39 is 0 Å². The maximum atomic E-state index is 5.64. The van der Waals surface area contributed by atoms with E-state index in [1.54, 1.807) is 0 Å². The molecule has 0 bridgehead atoms. The topological polar surface area (TPSA) is 47.1 Å². The molecule has 0 spiro atoms. The Labute approximate surface area is 286 Å². The van der Waals surface area contributed by atoms with E-state index in [0.717, 1.165) is 34.6 Å². The van der Waals surface area contributed by atoms with Crippen LogP contribution in [-0.4, -0.2) is 14.7 Å². The van der Waals surface area contributed by atoms with E-state index in [1.807, 2.05) is 30.3 Å². The molecule has 0 aliphatic heterocycles. The Kier molecular flexibility index (Phi) is 7.50. The third-order valence-electron chi connectivity index (χ3n) is 10.1. The van der Waals surface area contributed by atoms with Gasteiger partial charge in [-0.05, 0) is 91.4 Å². The molecule has 6 aromatic carbocycles. The fraction of sp³-hybridized carbons (Fsp3) is 0.136. The highest BCUT2D eigenvalue weighted by Crippen LogP contribution is 2.45. The van der Waals surface area contributed by atoms with Gasteiger partial charge in [0, 0.05) is 56.0 Å². The molecule has 2 aromatic heterocycles. The summed E-state index contributed by atoms with van der Waals surface area (Å²) >= 11 is 0. The summed E-state index contributed by atoms with van der Waals surface area (Å²) in [6.07, 6.45) is 4.67. The fourth-order valence-corrected chi connectivity index (χ4v) is 7.77. The van der Waals surface area contributed by atoms with Gasteiger partial charge in [0.1, 0.15) is 0 Å². The van der Waals surface area contributed by atoms with Crippen LogP contribution in [0.15, 0.2) is 162 Å². The third-order valence-corrected chi connectivity index (χ3v) is 10.1. The summed E-state index contributed by atoms with van der Waals surface area (Å²) in [7, 11) is 0. The van der Waals surface area contributed by atoms with Gasteiger partial charge in [0.25, 0.3) is 5.89 Å². The maximum absolute atomic E-state index is 5.64. The van der Waals surface area contributed by atoms with E-state index in [0.29, 0.717) is 23.7 Å². The lowest BCUT2D eigenvalue weighted by Crippen LogP contribution is -2.18. The number of hydrogen-bond donors (Lipinski definition) is 0. The number of benzene rings is 6. The van der Waals surface area contributed by atoms with Crippen molar-refractivity contribution in [1.29, 1.82) is 0 Å². The molecule has 2 atom stereocenters. The van der Waals surface area contributed by atoms with Crippen LogP contribution in [0.3, 0.4) is 0 Å². The summed E-state index contributed by atoms with van der Waals surface area (Å²) in [5.41, 5.74) is 9.34. The number of anilines is 3. The monoisotopic (exact) mass is 636 g/mol. The van der Waals surface area contributed by atoms with Crippen LogP contribution in [-0.2, 0) is 0 Å². The summed E-state index contributed by atoms with van der Waals surface area (Å²) in [6, 6.07) is 56.4. The number of hydrogen-bond acceptors (Lipinski definition) is 4. The number of nitrogens with zero attached hydrogens (tertiary/aromatic N) is 4. The zero-order valence-corrected chi connectivity index (χ0v) is 27.2. The average molecular weight is 637 g/mol. The average Bonchev–Trinajstić information content (AvgIpc) is 3.80. The number of rotatable bonds is 7. The van der Waals surface area contributed by atoms with Gasteiger partial charge >= 0.3 is 0 Å². The quantitative estimate of drug-likeness (QED) is 0.175. The van der Waals surface area contributed by atoms with Crippen LogP contribution in [0.25, 0.3) is 44.6 Å². The minimum Gasteiger partial charge on any atom is -0.337 e. The molecule has 1 aliphatic carbocycles. The van der Waals surface area contributed by atoms with Crippen molar-refractivity contribution in [3.05, 3.63) is 163 Å². The minimum atomic E-state index is 0.412. The van der Waals surface area contributed by atoms with Crippen molar-refractivity contribution in [2.45, 2.75) is 37.6 Å². The van der Waals surface area contributed by atoms with Gasteiger partial charge in [-0.3, -0.25) is 0 Å². The Morgan fingerprint density at radius 2 is 1.22 bits per heavy atom. The Morgan fingerprint density at radius 3 is 1.96 bits per heavy atom. The van der Waals surface area contributed by atoms with Gasteiger partial charge in [0.2, 0.25) is 5.82 Å². The first-order chi connectivity index (χ1) is 24.3. The Morgan fingerprint density at radius 1 is 0.571 bits per heavy atom. The highest BCUT2D eigenvalue weighted by atomic mass is 16.5. The van der Waals surface area contributed by atoms with Gasteiger partial charge in [-0.25, -0.2) is 0 Å². The predicted octanol–water partition coefficient (Wildman–Crippen LogP) is 11.9. The minimum absolute atomic E-state index is 0.412. The second-order valence-corrected chi connectivity index (χ2v) is 13.0. The van der Waals surface area contributed by atoms with Gasteiger partial charge in [-0.15, -0.1) is 0 Å². The number of aromatic nitrogens is 3. The normalized spacial score (nSPS) is 16.2. The van der Waals surface area contributed by atoms with Crippen LogP contribution in [0.4, 0.5) is 17.1 Å². The Bertz CT molecular complexity index is 2300. The van der Waals surface area contributed by atoms with Crippen molar-refractivity contribution in [2.75, 3.05) is 4.90 Å². The first-order valence-corrected chi connectivity index (χ1v) is 17.2. The molecule has 2 heterocycles. The van der Waals surface area contributed by atoms with E-state index in [9.17, 15) is 0 Å². The van der Waals surface area contributed by atoms with Gasteiger partial charge in [0.05, 0.1) is 0 Å². The zero-order valence-electron chi connectivity index (χ0n) is 27.2. The van der Waals surface area contributed by atoms with Crippen LogP contribution >= 0.6 is 0 Å². The van der Waals surface area contributed by atoms with Crippen LogP contribution in [0.5, 0.6) is 0 Å². The summed E-state index contributed by atoms with van der Waals surface area (Å²) in [6.45, 7) is 0. The first-order valence-electron chi connectivity index (χ1n) is 17.2. The maximum Gasteiger partial charge on any atom is 0.258 e. The summed E-state index contributed by atoms with van der Waals surface area (Å²) in [5.74, 6) is 1.65. The fourth-order valence-electron chi connectivity index (χ4n) is 7.77. The SMILES string of the molecule is c1ccc(-c2noc(-c3ccc(C4CCCC(n5c6ccccc6c6cc(N(c7ccccc7)c7ccccc7)ccc65)C4)cc3)n2)cc1. The van der Waals surface area contributed by atoms with Crippen LogP contribution in [0.2, 0.25) is 0 Å². The summed E-state index contributed by atoms with van der Waals surface area (Å²) in [4.78, 5) is 7.01. The van der Waals surface area contributed by atoms with Crippen molar-refractivity contribution < 1.29 is 4.52 Å². The smallest absolute Gasteiger partial charge is 0.258 e. The standard InChI is InChI=1S/C44H36N4O/c1-4-13-32(14-5-1)43-45-44(49-46-43)33-25-23-31(24-26-33)34-15-12-20-37(29-34)48-41-22-11-10-21-39(41)40-30-38(27-28-42(40)48)47(35-16-6-2-7-17-35)36-18-8-3-9-19-36/h1-11,13-14,16-19,21-28,30,34,37H,12,15,20,29H2. The van der Waals surface area contributed by atoms with Crippen molar-refractivity contribution in [2.24, 2.45) is 0 Å². The molecule has 0 saturated heterocycles. The van der Waals surface area contributed by atoms with Crippen molar-refractivity contribution in [3.63, 3.8) is 0 Å². The molecule has 0 radical (unpaired) electrons. The van der Waals surface area contributed by atoms with E-state index >= 15 is 0 Å². The lowest BCUT2D eigenvalue weighted by molar-refractivity contribution is 0.331. The molecule has 49 heavy (non-hydrogen) atoms. The van der Waals surface area contributed by atoms with E-state index in [2.05, 4.69) is 147 Å². The largest absolute Gasteiger partial charge is 0.337 e. The molecule has 1 fully saturated rings. The number of fused-ring (bicyclic) bond motifs is 3. The van der Waals surface area contributed by atoms with Crippen molar-refractivity contribution in [1.82, 2.24) is 14.7 Å². The highest BCUT2D eigenvalue weighted by molar-refractivity contribution is 6.09. The molecule has 5 nitrogen and oxygen atoms in total. The molecule has 8 aromatic rings. The van der Waals surface area contributed by atoms with E-state index in [4.69, 9.17) is 4.52 Å². The molecular weight excluding hydrogens is 601 g/mol. The Balaban J connectivity index is 1.04. The van der Waals surface area contributed by atoms with Crippen molar-refractivity contribution in [3.8, 4) is 22.8 Å². The molecule has 5 heteroatoms. The number of para-hydroxylation sites is 3. The lowest BCUT2D eigenvalue weighted by Gasteiger charge is -2.32. The van der Waals surface area contributed by atoms with Gasteiger partial charge < -0.3 is 14.0 Å². The second kappa shape index (κ2) is 12.6. The molecule has 1 saturated carbocycles. The second-order valence-electron chi connectivity index (χ2n) is 13.0. The van der Waals surface area contributed by atoms with Crippen LogP contribution < -0.4 is 4.90 Å². The predicted molar refractivity (Wildman–Crippen MR) is 200 cm³/mol. The van der Waals surface area contributed by atoms with Crippen molar-refractivity contribution >= 4 is 38.9 Å². The van der Waals surface area contributed by atoms with Crippen LogP contribution in [0, 0.1) is 0 Å². The molecule has 0 N–H and O–H groups in total. The van der Waals surface area contributed by atoms with E-state index in [-0.39, 0.29) is 0 Å². The third kappa shape index (κ3) is 5.47. The Hall–Kier alpha value is -5.94. The summed E-state index contributed by atoms with van der Waals surface area (Å²) < 4.78 is 8.28. The van der Waals surface area contributed by atoms with Crippen LogP contribution in [0.1, 0.15) is 43.2 Å². The summed E-state index contributed by atoms with van der Waals surface area (Å²) in [5, 5.41) is 6.82. The molecule has 1 aliphatic rings. The molecular formula is C44H36N4O. The molecule has 2 unspecified atom stereocenters. The van der Waals surface area contributed by atoms with E-state index in [1.165, 1.54) is 46.6 Å².